The second-order valence-corrected chi connectivity index (χ2v) is 5.41. The van der Waals surface area contributed by atoms with Crippen LogP contribution in [0.4, 0.5) is 10.1 Å². The molecule has 0 unspecified atom stereocenters. The number of hydrogen-bond acceptors (Lipinski definition) is 2. The molecule has 0 fully saturated rings. The summed E-state index contributed by atoms with van der Waals surface area (Å²) in [5.74, 6) is -0.735. The van der Waals surface area contributed by atoms with Crippen molar-refractivity contribution in [3.05, 3.63) is 65.1 Å². The number of nitrogens with one attached hydrogen (secondary N) is 2. The molecule has 2 N–H and O–H groups in total. The van der Waals surface area contributed by atoms with Gasteiger partial charge >= 0.3 is 0 Å². The van der Waals surface area contributed by atoms with Gasteiger partial charge < -0.3 is 10.3 Å². The Morgan fingerprint density at radius 3 is 2.65 bits per heavy atom. The number of aromatic amines is 1. The number of carbonyl (C=O) groups excluding carboxylic acids is 2. The molecule has 4 nitrogen and oxygen atoms in total. The summed E-state index contributed by atoms with van der Waals surface area (Å²) in [4.78, 5) is 27.0. The standard InChI is InChI=1S/C18H15FN2O2/c1-10-17(15-7-6-13(19)9-16(15)20-10)18(23)21-14-5-3-4-12(8-14)11(2)22/h3-9,20H,1-2H3,(H,21,23). The molecular formula is C18H15FN2O2. The number of hydrogen-bond donors (Lipinski definition) is 2. The molecule has 1 amide bonds. The van der Waals surface area contributed by atoms with Crippen molar-refractivity contribution in [1.29, 1.82) is 0 Å². The van der Waals surface area contributed by atoms with Crippen molar-refractivity contribution >= 4 is 28.3 Å². The fourth-order valence-corrected chi connectivity index (χ4v) is 2.61. The van der Waals surface area contributed by atoms with Gasteiger partial charge in [0.1, 0.15) is 5.82 Å². The van der Waals surface area contributed by atoms with E-state index in [-0.39, 0.29) is 17.5 Å². The molecule has 3 rings (SSSR count). The first-order valence-corrected chi connectivity index (χ1v) is 7.16. The molecule has 116 valence electrons. The molecule has 23 heavy (non-hydrogen) atoms. The summed E-state index contributed by atoms with van der Waals surface area (Å²) in [5, 5.41) is 3.44. The average Bonchev–Trinajstić information content (AvgIpc) is 2.82. The summed E-state index contributed by atoms with van der Waals surface area (Å²) in [6, 6.07) is 11.0. The second kappa shape index (κ2) is 5.68. The maximum atomic E-state index is 13.3. The number of benzene rings is 2. The molecule has 0 aliphatic rings. The number of amides is 1. The molecule has 1 aromatic heterocycles. The fourth-order valence-electron chi connectivity index (χ4n) is 2.61. The van der Waals surface area contributed by atoms with Crippen LogP contribution in [0, 0.1) is 12.7 Å². The largest absolute Gasteiger partial charge is 0.358 e. The molecule has 5 heteroatoms. The Hall–Kier alpha value is -2.95. The molecule has 0 atom stereocenters. The Morgan fingerprint density at radius 2 is 1.91 bits per heavy atom. The number of H-pyrrole nitrogens is 1. The molecule has 3 aromatic rings. The first-order chi connectivity index (χ1) is 11.0. The number of aryl methyl sites for hydroxylation is 1. The van der Waals surface area contributed by atoms with Gasteiger partial charge in [0.2, 0.25) is 0 Å². The zero-order chi connectivity index (χ0) is 16.6. The van der Waals surface area contributed by atoms with Gasteiger partial charge in [-0.2, -0.15) is 0 Å². The lowest BCUT2D eigenvalue weighted by Gasteiger charge is -2.07. The van der Waals surface area contributed by atoms with Gasteiger partial charge in [0.25, 0.3) is 5.91 Å². The van der Waals surface area contributed by atoms with E-state index in [1.54, 1.807) is 37.3 Å². The number of fused-ring (bicyclic) bond motifs is 1. The zero-order valence-electron chi connectivity index (χ0n) is 12.7. The van der Waals surface area contributed by atoms with Crippen LogP contribution in [0.15, 0.2) is 42.5 Å². The molecule has 0 spiro atoms. The molecule has 0 aliphatic carbocycles. The summed E-state index contributed by atoms with van der Waals surface area (Å²) in [7, 11) is 0. The maximum Gasteiger partial charge on any atom is 0.258 e. The van der Waals surface area contributed by atoms with E-state index in [0.717, 1.165) is 0 Å². The lowest BCUT2D eigenvalue weighted by molar-refractivity contribution is 0.101. The number of carbonyl (C=O) groups is 2. The predicted octanol–water partition coefficient (Wildman–Crippen LogP) is 4.07. The highest BCUT2D eigenvalue weighted by Gasteiger charge is 2.16. The van der Waals surface area contributed by atoms with E-state index in [2.05, 4.69) is 10.3 Å². The minimum absolute atomic E-state index is 0.0696. The van der Waals surface area contributed by atoms with Crippen LogP contribution in [0.3, 0.4) is 0 Å². The number of halogens is 1. The molecule has 0 bridgehead atoms. The fraction of sp³-hybridized carbons (Fsp3) is 0.111. The van der Waals surface area contributed by atoms with E-state index in [1.165, 1.54) is 19.1 Å². The topological polar surface area (TPSA) is 62.0 Å². The lowest BCUT2D eigenvalue weighted by Crippen LogP contribution is -2.13. The maximum absolute atomic E-state index is 13.3. The number of anilines is 1. The van der Waals surface area contributed by atoms with Crippen LogP contribution in [0.2, 0.25) is 0 Å². The van der Waals surface area contributed by atoms with Crippen molar-refractivity contribution in [2.24, 2.45) is 0 Å². The summed E-state index contributed by atoms with van der Waals surface area (Å²) in [5.41, 5.74) is 2.77. The smallest absolute Gasteiger partial charge is 0.258 e. The van der Waals surface area contributed by atoms with E-state index in [4.69, 9.17) is 0 Å². The van der Waals surface area contributed by atoms with Crippen molar-refractivity contribution in [1.82, 2.24) is 4.98 Å². The van der Waals surface area contributed by atoms with Gasteiger partial charge in [-0.3, -0.25) is 9.59 Å². The summed E-state index contributed by atoms with van der Waals surface area (Å²) < 4.78 is 13.3. The van der Waals surface area contributed by atoms with Crippen molar-refractivity contribution in [3.8, 4) is 0 Å². The van der Waals surface area contributed by atoms with E-state index < -0.39 is 0 Å². The number of rotatable bonds is 3. The van der Waals surface area contributed by atoms with Crippen LogP contribution >= 0.6 is 0 Å². The molecule has 2 aromatic carbocycles. The Balaban J connectivity index is 1.96. The number of Topliss-reactive ketones (excluding diaryl/α,β-unsaturated/α-hetero) is 1. The van der Waals surface area contributed by atoms with Crippen molar-refractivity contribution < 1.29 is 14.0 Å². The van der Waals surface area contributed by atoms with Gasteiger partial charge in [-0.1, -0.05) is 12.1 Å². The van der Waals surface area contributed by atoms with Gasteiger partial charge in [-0.05, 0) is 44.2 Å². The van der Waals surface area contributed by atoms with Crippen LogP contribution in [-0.4, -0.2) is 16.7 Å². The summed E-state index contributed by atoms with van der Waals surface area (Å²) >= 11 is 0. The SMILES string of the molecule is CC(=O)c1cccc(NC(=O)c2c(C)[nH]c3cc(F)ccc23)c1. The molecular weight excluding hydrogens is 295 g/mol. The van der Waals surface area contributed by atoms with Crippen LogP contribution < -0.4 is 5.32 Å². The van der Waals surface area contributed by atoms with E-state index >= 15 is 0 Å². The Bertz CT molecular complexity index is 928. The van der Waals surface area contributed by atoms with E-state index in [0.29, 0.717) is 33.4 Å². The van der Waals surface area contributed by atoms with Crippen LogP contribution in [0.1, 0.15) is 33.3 Å². The normalized spacial score (nSPS) is 10.7. The second-order valence-electron chi connectivity index (χ2n) is 5.41. The van der Waals surface area contributed by atoms with Crippen molar-refractivity contribution in [2.45, 2.75) is 13.8 Å². The van der Waals surface area contributed by atoms with Gasteiger partial charge in [-0.25, -0.2) is 4.39 Å². The van der Waals surface area contributed by atoms with Crippen molar-refractivity contribution in [2.75, 3.05) is 5.32 Å². The Kier molecular flexibility index (Phi) is 3.70. The first-order valence-electron chi connectivity index (χ1n) is 7.16. The molecule has 0 radical (unpaired) electrons. The third kappa shape index (κ3) is 2.85. The van der Waals surface area contributed by atoms with Crippen LogP contribution in [0.5, 0.6) is 0 Å². The monoisotopic (exact) mass is 310 g/mol. The minimum Gasteiger partial charge on any atom is -0.358 e. The number of aromatic nitrogens is 1. The van der Waals surface area contributed by atoms with Gasteiger partial charge in [0, 0.05) is 27.8 Å². The van der Waals surface area contributed by atoms with E-state index in [9.17, 15) is 14.0 Å². The van der Waals surface area contributed by atoms with Gasteiger partial charge in [0.15, 0.2) is 5.78 Å². The quantitative estimate of drug-likeness (QED) is 0.716. The molecule has 0 saturated heterocycles. The first kappa shape index (κ1) is 15.0. The number of ketones is 1. The van der Waals surface area contributed by atoms with Crippen LogP contribution in [-0.2, 0) is 0 Å². The minimum atomic E-state index is -0.361. The average molecular weight is 310 g/mol. The Morgan fingerprint density at radius 1 is 1.13 bits per heavy atom. The van der Waals surface area contributed by atoms with E-state index in [1.807, 2.05) is 0 Å². The highest BCUT2D eigenvalue weighted by atomic mass is 19.1. The zero-order valence-corrected chi connectivity index (χ0v) is 12.7. The molecule has 1 heterocycles. The third-order valence-electron chi connectivity index (χ3n) is 3.70. The predicted molar refractivity (Wildman–Crippen MR) is 87.4 cm³/mol. The molecule has 0 aliphatic heterocycles. The third-order valence-corrected chi connectivity index (χ3v) is 3.70. The highest BCUT2D eigenvalue weighted by molar-refractivity contribution is 6.14. The molecule has 0 saturated carbocycles. The van der Waals surface area contributed by atoms with Crippen molar-refractivity contribution in [3.63, 3.8) is 0 Å². The highest BCUT2D eigenvalue weighted by Crippen LogP contribution is 2.24. The van der Waals surface area contributed by atoms with Gasteiger partial charge in [0.05, 0.1) is 5.56 Å². The summed E-state index contributed by atoms with van der Waals surface area (Å²) in [6.45, 7) is 3.23. The van der Waals surface area contributed by atoms with Crippen LogP contribution in [0.25, 0.3) is 10.9 Å². The lowest BCUT2D eigenvalue weighted by atomic mass is 10.1. The van der Waals surface area contributed by atoms with Gasteiger partial charge in [-0.15, -0.1) is 0 Å². The Labute approximate surface area is 132 Å². The summed E-state index contributed by atoms with van der Waals surface area (Å²) in [6.07, 6.45) is 0.